The van der Waals surface area contributed by atoms with Crippen molar-refractivity contribution in [3.05, 3.63) is 29.8 Å². The number of carbonyl (C=O) groups is 4. The Hall–Kier alpha value is -3.18. The van der Waals surface area contributed by atoms with Gasteiger partial charge in [0.2, 0.25) is 12.4 Å². The number of methoxy groups -OCH3 is 1. The third-order valence-electron chi connectivity index (χ3n) is 4.42. The Morgan fingerprint density at radius 3 is 2.03 bits per heavy atom. The third-order valence-corrected chi connectivity index (χ3v) is 4.42. The molecule has 32 heavy (non-hydrogen) atoms. The zero-order valence-corrected chi connectivity index (χ0v) is 18.5. The number of para-hydroxylation sites is 1. The number of carbonyl (C=O) groups excluding carboxylic acids is 4. The summed E-state index contributed by atoms with van der Waals surface area (Å²) in [5.41, 5.74) is 0.751. The molecule has 5 atom stereocenters. The van der Waals surface area contributed by atoms with Crippen molar-refractivity contribution in [3.63, 3.8) is 0 Å². The maximum Gasteiger partial charge on any atom is 0.339 e. The first-order chi connectivity index (χ1) is 15.2. The van der Waals surface area contributed by atoms with E-state index in [2.05, 4.69) is 5.32 Å². The molecule has 1 fully saturated rings. The molecule has 1 saturated heterocycles. The van der Waals surface area contributed by atoms with Crippen LogP contribution >= 0.6 is 0 Å². The van der Waals surface area contributed by atoms with E-state index in [4.69, 9.17) is 28.4 Å². The first-order valence-corrected chi connectivity index (χ1v) is 9.82. The van der Waals surface area contributed by atoms with E-state index in [0.717, 1.165) is 33.4 Å². The SMILES string of the molecule is CNCc1ccccc1O[C@@H]1O[C@H](C(=O)OC)[C@@H](OC(C)=O)[C@H](OC(C)=O)[C@H]1OC(C)=O. The Morgan fingerprint density at radius 1 is 0.906 bits per heavy atom. The smallest absolute Gasteiger partial charge is 0.339 e. The number of nitrogens with one attached hydrogen (secondary N) is 1. The van der Waals surface area contributed by atoms with Gasteiger partial charge >= 0.3 is 23.9 Å². The lowest BCUT2D eigenvalue weighted by atomic mass is 9.97. The highest BCUT2D eigenvalue weighted by molar-refractivity contribution is 5.77. The fourth-order valence-electron chi connectivity index (χ4n) is 3.26. The van der Waals surface area contributed by atoms with Crippen LogP contribution in [0.3, 0.4) is 0 Å². The summed E-state index contributed by atoms with van der Waals surface area (Å²) in [7, 11) is 2.87. The molecule has 0 unspecified atom stereocenters. The molecule has 0 aliphatic carbocycles. The lowest BCUT2D eigenvalue weighted by molar-refractivity contribution is -0.282. The summed E-state index contributed by atoms with van der Waals surface area (Å²) in [4.78, 5) is 47.8. The highest BCUT2D eigenvalue weighted by Crippen LogP contribution is 2.32. The van der Waals surface area contributed by atoms with Gasteiger partial charge in [0.1, 0.15) is 5.75 Å². The number of esters is 4. The molecule has 2 rings (SSSR count). The zero-order valence-electron chi connectivity index (χ0n) is 18.5. The Bertz CT molecular complexity index is 842. The average Bonchev–Trinajstić information content (AvgIpc) is 2.72. The minimum Gasteiger partial charge on any atom is -0.467 e. The Morgan fingerprint density at radius 2 is 1.47 bits per heavy atom. The molecule has 1 heterocycles. The number of hydrogen-bond donors (Lipinski definition) is 1. The molecule has 0 saturated carbocycles. The van der Waals surface area contributed by atoms with Crippen molar-refractivity contribution in [2.45, 2.75) is 58.0 Å². The third kappa shape index (κ3) is 6.41. The summed E-state index contributed by atoms with van der Waals surface area (Å²) >= 11 is 0. The summed E-state index contributed by atoms with van der Waals surface area (Å²) in [5.74, 6) is -2.79. The highest BCUT2D eigenvalue weighted by Gasteiger charge is 2.55. The normalized spacial score (nSPS) is 24.7. The van der Waals surface area contributed by atoms with Gasteiger partial charge in [0, 0.05) is 32.9 Å². The number of ether oxygens (including phenoxy) is 6. The van der Waals surface area contributed by atoms with Crippen LogP contribution in [-0.4, -0.2) is 68.7 Å². The monoisotopic (exact) mass is 453 g/mol. The van der Waals surface area contributed by atoms with E-state index in [-0.39, 0.29) is 0 Å². The molecule has 1 N–H and O–H groups in total. The van der Waals surface area contributed by atoms with Crippen LogP contribution in [0.1, 0.15) is 26.3 Å². The van der Waals surface area contributed by atoms with Gasteiger partial charge in [0.05, 0.1) is 7.11 Å². The minimum atomic E-state index is -1.51. The summed E-state index contributed by atoms with van der Waals surface area (Å²) < 4.78 is 32.3. The summed E-state index contributed by atoms with van der Waals surface area (Å²) in [6, 6.07) is 6.99. The van der Waals surface area contributed by atoms with Crippen molar-refractivity contribution in [1.29, 1.82) is 0 Å². The van der Waals surface area contributed by atoms with Gasteiger partial charge in [-0.2, -0.15) is 0 Å². The van der Waals surface area contributed by atoms with Gasteiger partial charge < -0.3 is 33.7 Å². The molecular weight excluding hydrogens is 426 g/mol. The second kappa shape index (κ2) is 11.4. The average molecular weight is 453 g/mol. The summed E-state index contributed by atoms with van der Waals surface area (Å²) in [6.07, 6.45) is -7.11. The number of benzene rings is 1. The van der Waals surface area contributed by atoms with Crippen molar-refractivity contribution in [3.8, 4) is 5.75 Å². The molecule has 11 nitrogen and oxygen atoms in total. The van der Waals surface area contributed by atoms with Crippen LogP contribution in [0, 0.1) is 0 Å². The molecule has 11 heteroatoms. The van der Waals surface area contributed by atoms with Crippen LogP contribution in [-0.2, 0) is 49.4 Å². The maximum atomic E-state index is 12.4. The molecule has 0 amide bonds. The predicted molar refractivity (Wildman–Crippen MR) is 107 cm³/mol. The van der Waals surface area contributed by atoms with E-state index in [1.54, 1.807) is 31.3 Å². The van der Waals surface area contributed by atoms with E-state index in [1.807, 2.05) is 0 Å². The van der Waals surface area contributed by atoms with Crippen molar-refractivity contribution >= 4 is 23.9 Å². The first-order valence-electron chi connectivity index (χ1n) is 9.82. The molecule has 1 aromatic rings. The van der Waals surface area contributed by atoms with Gasteiger partial charge in [-0.25, -0.2) is 4.79 Å². The fourth-order valence-corrected chi connectivity index (χ4v) is 3.26. The molecule has 0 aromatic heterocycles. The molecule has 0 radical (unpaired) electrons. The van der Waals surface area contributed by atoms with Crippen LogP contribution in [0.25, 0.3) is 0 Å². The Kier molecular flexibility index (Phi) is 8.97. The first kappa shape index (κ1) is 25.1. The number of rotatable bonds is 8. The summed E-state index contributed by atoms with van der Waals surface area (Å²) in [6.45, 7) is 3.82. The Labute approximate surface area is 185 Å². The highest BCUT2D eigenvalue weighted by atomic mass is 16.7. The van der Waals surface area contributed by atoms with Gasteiger partial charge in [0.15, 0.2) is 18.3 Å². The number of hydrogen-bond acceptors (Lipinski definition) is 11. The molecule has 1 aromatic carbocycles. The van der Waals surface area contributed by atoms with Gasteiger partial charge in [-0.15, -0.1) is 0 Å². The standard InChI is InChI=1S/C21H27NO10/c1-11(23)28-16-17(29-12(2)24)19(30-13(3)25)21(32-18(16)20(26)27-5)31-15-9-7-6-8-14(15)10-22-4/h6-9,16-19,21-22H,10H2,1-5H3/t16-,17-,18-,19+,21+/m0/s1. The minimum absolute atomic E-state index is 0.375. The van der Waals surface area contributed by atoms with Gasteiger partial charge in [-0.05, 0) is 13.1 Å². The van der Waals surface area contributed by atoms with E-state index in [9.17, 15) is 19.2 Å². The van der Waals surface area contributed by atoms with Crippen LogP contribution in [0.2, 0.25) is 0 Å². The lowest BCUT2D eigenvalue weighted by Crippen LogP contribution is -2.64. The van der Waals surface area contributed by atoms with Crippen molar-refractivity contribution in [1.82, 2.24) is 5.32 Å². The molecule has 1 aliphatic heterocycles. The molecular formula is C21H27NO10. The molecule has 176 valence electrons. The quantitative estimate of drug-likeness (QED) is 0.435. The van der Waals surface area contributed by atoms with Gasteiger partial charge in [-0.3, -0.25) is 14.4 Å². The molecule has 0 spiro atoms. The Balaban J connectivity index is 2.52. The predicted octanol–water partition coefficient (Wildman–Crippen LogP) is 0.478. The van der Waals surface area contributed by atoms with Gasteiger partial charge in [-0.1, -0.05) is 18.2 Å². The fraction of sp³-hybridized carbons (Fsp3) is 0.524. The molecule has 0 bridgehead atoms. The van der Waals surface area contributed by atoms with Crippen molar-refractivity contribution in [2.24, 2.45) is 0 Å². The van der Waals surface area contributed by atoms with Crippen molar-refractivity contribution in [2.75, 3.05) is 14.2 Å². The second-order valence-electron chi connectivity index (χ2n) is 6.93. The largest absolute Gasteiger partial charge is 0.467 e. The summed E-state index contributed by atoms with van der Waals surface area (Å²) in [5, 5.41) is 3.00. The van der Waals surface area contributed by atoms with Gasteiger partial charge in [0.25, 0.3) is 0 Å². The van der Waals surface area contributed by atoms with E-state index >= 15 is 0 Å². The van der Waals surface area contributed by atoms with E-state index in [1.165, 1.54) is 0 Å². The van der Waals surface area contributed by atoms with Crippen LogP contribution in [0.4, 0.5) is 0 Å². The zero-order chi connectivity index (χ0) is 23.8. The van der Waals surface area contributed by atoms with Crippen LogP contribution in [0.5, 0.6) is 5.75 Å². The topological polar surface area (TPSA) is 136 Å². The maximum absolute atomic E-state index is 12.4. The lowest BCUT2D eigenvalue weighted by Gasteiger charge is -2.43. The van der Waals surface area contributed by atoms with Crippen LogP contribution < -0.4 is 10.1 Å². The van der Waals surface area contributed by atoms with Crippen molar-refractivity contribution < 1.29 is 47.6 Å². The molecule has 1 aliphatic rings. The second-order valence-corrected chi connectivity index (χ2v) is 6.93. The van der Waals surface area contributed by atoms with Crippen LogP contribution in [0.15, 0.2) is 24.3 Å². The van der Waals surface area contributed by atoms with E-state index < -0.39 is 54.6 Å². The van der Waals surface area contributed by atoms with E-state index in [0.29, 0.717) is 12.3 Å².